The zero-order chi connectivity index (χ0) is 21.8. The molecule has 2 aromatic heterocycles. The van der Waals surface area contributed by atoms with Gasteiger partial charge >= 0.3 is 0 Å². The number of likely N-dealkylation sites (tertiary alicyclic amines) is 1. The fraction of sp³-hybridized carbons (Fsp3) is 0.348. The van der Waals surface area contributed by atoms with E-state index in [1.54, 1.807) is 23.2 Å². The molecule has 1 aliphatic heterocycles. The minimum Gasteiger partial charge on any atom is -0.381 e. The van der Waals surface area contributed by atoms with Crippen molar-refractivity contribution in [2.24, 2.45) is 0 Å². The van der Waals surface area contributed by atoms with E-state index in [4.69, 9.17) is 11.6 Å². The van der Waals surface area contributed by atoms with E-state index in [1.165, 1.54) is 0 Å². The van der Waals surface area contributed by atoms with Crippen molar-refractivity contribution in [3.8, 4) is 0 Å². The second-order valence-corrected chi connectivity index (χ2v) is 8.26. The van der Waals surface area contributed by atoms with Gasteiger partial charge in [-0.25, -0.2) is 4.98 Å². The number of aliphatic hydroxyl groups excluding tert-OH is 1. The summed E-state index contributed by atoms with van der Waals surface area (Å²) in [7, 11) is 0. The first-order valence-electron chi connectivity index (χ1n) is 10.5. The molecule has 0 saturated carbocycles. The number of piperidine rings is 1. The topological polar surface area (TPSA) is 98.3 Å². The molecule has 0 unspecified atom stereocenters. The normalized spacial score (nSPS) is 16.1. The van der Waals surface area contributed by atoms with Crippen LogP contribution in [0.4, 0.5) is 0 Å². The highest BCUT2D eigenvalue weighted by atomic mass is 35.5. The molecule has 0 aliphatic carbocycles. The summed E-state index contributed by atoms with van der Waals surface area (Å²) in [6.07, 6.45) is 3.51. The largest absolute Gasteiger partial charge is 0.381 e. The number of benzene rings is 1. The minimum atomic E-state index is -1.33. The smallest absolute Gasteiger partial charge is 0.268 e. The summed E-state index contributed by atoms with van der Waals surface area (Å²) >= 11 is 5.93. The minimum absolute atomic E-state index is 0.315. The molecule has 4 rings (SSSR count). The van der Waals surface area contributed by atoms with Gasteiger partial charge in [-0.1, -0.05) is 41.9 Å². The third kappa shape index (κ3) is 5.06. The number of carbonyl (C=O) groups excluding carboxylic acids is 2. The molecule has 0 radical (unpaired) electrons. The molecule has 3 aromatic rings. The van der Waals surface area contributed by atoms with Crippen LogP contribution in [-0.4, -0.2) is 57.0 Å². The van der Waals surface area contributed by atoms with E-state index < -0.39 is 18.1 Å². The Bertz CT molecular complexity index is 1060. The molecule has 1 aromatic carbocycles. The Kier molecular flexibility index (Phi) is 6.53. The van der Waals surface area contributed by atoms with Crippen molar-refractivity contribution >= 4 is 34.3 Å². The van der Waals surface area contributed by atoms with Crippen molar-refractivity contribution < 1.29 is 14.7 Å². The highest BCUT2D eigenvalue weighted by Crippen LogP contribution is 2.19. The average molecular weight is 441 g/mol. The quantitative estimate of drug-likeness (QED) is 0.513. The first-order chi connectivity index (χ1) is 15.0. The number of aromatic amines is 1. The first kappa shape index (κ1) is 21.3. The highest BCUT2D eigenvalue weighted by Gasteiger charge is 2.32. The summed E-state index contributed by atoms with van der Waals surface area (Å²) in [5.74, 6) is -0.743. The van der Waals surface area contributed by atoms with Crippen molar-refractivity contribution in [3.05, 3.63) is 65.1 Å². The van der Waals surface area contributed by atoms with Crippen molar-refractivity contribution in [2.75, 3.05) is 13.1 Å². The van der Waals surface area contributed by atoms with E-state index in [1.807, 2.05) is 30.3 Å². The monoisotopic (exact) mass is 440 g/mol. The standard InChI is InChI=1S/C23H25ClN4O3/c24-20-13-16-12-18(26-19(16)14-25-20)22(30)27-17(11-15-7-3-1-4-8-15)21(29)23(31)28-9-5-2-6-10-28/h1,3-4,7-8,12-14,17,21,26,29H,2,5-6,9-11H2,(H,27,30)/t17-,21+/m0/s1. The number of hydrogen-bond donors (Lipinski definition) is 3. The van der Waals surface area contributed by atoms with Crippen LogP contribution in [0.3, 0.4) is 0 Å². The van der Waals surface area contributed by atoms with Crippen molar-refractivity contribution in [1.82, 2.24) is 20.2 Å². The lowest BCUT2D eigenvalue weighted by molar-refractivity contribution is -0.142. The zero-order valence-corrected chi connectivity index (χ0v) is 17.8. The van der Waals surface area contributed by atoms with Crippen LogP contribution in [0.1, 0.15) is 35.3 Å². The second kappa shape index (κ2) is 9.49. The third-order valence-corrected chi connectivity index (χ3v) is 5.84. The molecule has 0 spiro atoms. The van der Waals surface area contributed by atoms with Crippen molar-refractivity contribution in [2.45, 2.75) is 37.8 Å². The fourth-order valence-electron chi connectivity index (χ4n) is 3.96. The molecule has 0 bridgehead atoms. The molecule has 3 heterocycles. The van der Waals surface area contributed by atoms with E-state index in [0.29, 0.717) is 35.9 Å². The summed E-state index contributed by atoms with van der Waals surface area (Å²) in [5, 5.41) is 14.9. The molecule has 1 aliphatic rings. The van der Waals surface area contributed by atoms with E-state index in [9.17, 15) is 14.7 Å². The summed E-state index contributed by atoms with van der Waals surface area (Å²) in [4.78, 5) is 34.6. The van der Waals surface area contributed by atoms with Crippen LogP contribution in [0.25, 0.3) is 10.9 Å². The first-order valence-corrected chi connectivity index (χ1v) is 10.8. The van der Waals surface area contributed by atoms with Gasteiger partial charge in [0.1, 0.15) is 10.8 Å². The average Bonchev–Trinajstić information content (AvgIpc) is 3.22. The number of nitrogens with zero attached hydrogens (tertiary/aromatic N) is 2. The summed E-state index contributed by atoms with van der Waals surface area (Å²) in [6, 6.07) is 12.1. The van der Waals surface area contributed by atoms with Gasteiger partial charge < -0.3 is 20.3 Å². The van der Waals surface area contributed by atoms with Gasteiger partial charge in [0.15, 0.2) is 6.10 Å². The molecular formula is C23H25ClN4O3. The van der Waals surface area contributed by atoms with Gasteiger partial charge in [0, 0.05) is 18.5 Å². The SMILES string of the molecule is O=C(N[C@@H](Cc1ccccc1)[C@@H](O)C(=O)N1CCCCC1)c1cc2cc(Cl)ncc2[nH]1. The molecule has 1 saturated heterocycles. The van der Waals surface area contributed by atoms with Gasteiger partial charge in [0.25, 0.3) is 11.8 Å². The Morgan fingerprint density at radius 1 is 1.16 bits per heavy atom. The molecule has 2 amide bonds. The molecule has 31 heavy (non-hydrogen) atoms. The van der Waals surface area contributed by atoms with Crippen LogP contribution < -0.4 is 5.32 Å². The Morgan fingerprint density at radius 3 is 2.65 bits per heavy atom. The molecule has 3 N–H and O–H groups in total. The number of carbonyl (C=O) groups is 2. The van der Waals surface area contributed by atoms with Crippen LogP contribution >= 0.6 is 11.6 Å². The molecule has 2 atom stereocenters. The van der Waals surface area contributed by atoms with E-state index in [2.05, 4.69) is 15.3 Å². The molecule has 162 valence electrons. The number of H-pyrrole nitrogens is 1. The summed E-state index contributed by atoms with van der Waals surface area (Å²) in [5.41, 5.74) is 1.92. The van der Waals surface area contributed by atoms with Crippen LogP contribution in [0.2, 0.25) is 5.15 Å². The Hall–Kier alpha value is -2.90. The summed E-state index contributed by atoms with van der Waals surface area (Å²) < 4.78 is 0. The Morgan fingerprint density at radius 2 is 1.90 bits per heavy atom. The number of halogens is 1. The number of rotatable bonds is 6. The number of aromatic nitrogens is 2. The van der Waals surface area contributed by atoms with Crippen LogP contribution in [0, 0.1) is 0 Å². The Labute approximate surface area is 185 Å². The van der Waals surface area contributed by atoms with E-state index in [-0.39, 0.29) is 5.91 Å². The number of nitrogens with one attached hydrogen (secondary N) is 2. The van der Waals surface area contributed by atoms with Crippen LogP contribution in [0.15, 0.2) is 48.7 Å². The summed E-state index contributed by atoms with van der Waals surface area (Å²) in [6.45, 7) is 1.27. The maximum Gasteiger partial charge on any atom is 0.268 e. The Balaban J connectivity index is 1.55. The number of amides is 2. The zero-order valence-electron chi connectivity index (χ0n) is 17.1. The van der Waals surface area contributed by atoms with Crippen LogP contribution in [-0.2, 0) is 11.2 Å². The molecular weight excluding hydrogens is 416 g/mol. The van der Waals surface area contributed by atoms with Gasteiger partial charge in [0.05, 0.1) is 17.8 Å². The number of fused-ring (bicyclic) bond motifs is 1. The lowest BCUT2D eigenvalue weighted by Crippen LogP contribution is -2.53. The number of pyridine rings is 1. The van der Waals surface area contributed by atoms with E-state index in [0.717, 1.165) is 30.2 Å². The predicted molar refractivity (Wildman–Crippen MR) is 119 cm³/mol. The van der Waals surface area contributed by atoms with Crippen LogP contribution in [0.5, 0.6) is 0 Å². The predicted octanol–water partition coefficient (Wildman–Crippen LogP) is 2.93. The van der Waals surface area contributed by atoms with Gasteiger partial charge in [0.2, 0.25) is 0 Å². The van der Waals surface area contributed by atoms with E-state index >= 15 is 0 Å². The van der Waals surface area contributed by atoms with Gasteiger partial charge in [-0.05, 0) is 43.4 Å². The van der Waals surface area contributed by atoms with Crippen molar-refractivity contribution in [1.29, 1.82) is 0 Å². The van der Waals surface area contributed by atoms with Gasteiger partial charge in [-0.2, -0.15) is 0 Å². The molecule has 1 fully saturated rings. The van der Waals surface area contributed by atoms with Gasteiger partial charge in [-0.3, -0.25) is 9.59 Å². The van der Waals surface area contributed by atoms with Crippen molar-refractivity contribution in [3.63, 3.8) is 0 Å². The number of hydrogen-bond acceptors (Lipinski definition) is 4. The molecule has 8 heteroatoms. The second-order valence-electron chi connectivity index (χ2n) is 7.88. The maximum atomic E-state index is 13.0. The fourth-order valence-corrected chi connectivity index (χ4v) is 4.12. The number of aliphatic hydroxyl groups is 1. The maximum absolute atomic E-state index is 13.0. The van der Waals surface area contributed by atoms with Gasteiger partial charge in [-0.15, -0.1) is 0 Å². The lowest BCUT2D eigenvalue weighted by atomic mass is 9.99. The third-order valence-electron chi connectivity index (χ3n) is 5.63. The lowest BCUT2D eigenvalue weighted by Gasteiger charge is -2.32. The highest BCUT2D eigenvalue weighted by molar-refractivity contribution is 6.30. The molecule has 7 nitrogen and oxygen atoms in total.